The minimum atomic E-state index is -0.433. The molecule has 0 saturated carbocycles. The first kappa shape index (κ1) is 19.9. The highest BCUT2D eigenvalue weighted by Gasteiger charge is 2.27. The zero-order chi connectivity index (χ0) is 21.1. The van der Waals surface area contributed by atoms with Crippen molar-refractivity contribution in [2.45, 2.75) is 12.8 Å². The highest BCUT2D eigenvalue weighted by molar-refractivity contribution is 6.00. The van der Waals surface area contributed by atoms with Gasteiger partial charge in [0, 0.05) is 50.5 Å². The van der Waals surface area contributed by atoms with Gasteiger partial charge in [0.15, 0.2) is 0 Å². The third-order valence-corrected chi connectivity index (χ3v) is 5.82. The van der Waals surface area contributed by atoms with Gasteiger partial charge in [-0.05, 0) is 49.2 Å². The van der Waals surface area contributed by atoms with Gasteiger partial charge in [-0.25, -0.2) is 4.39 Å². The molecule has 154 valence electrons. The Balaban J connectivity index is 1.51. The summed E-state index contributed by atoms with van der Waals surface area (Å²) in [6.07, 6.45) is 2.82. The van der Waals surface area contributed by atoms with Gasteiger partial charge in [0.1, 0.15) is 12.1 Å². The predicted molar refractivity (Wildman–Crippen MR) is 113 cm³/mol. The van der Waals surface area contributed by atoms with Crippen LogP contribution in [0.25, 0.3) is 0 Å². The molecule has 0 aliphatic carbocycles. The molecule has 30 heavy (non-hydrogen) atoms. The highest BCUT2D eigenvalue weighted by Crippen LogP contribution is 2.28. The number of rotatable bonds is 4. The van der Waals surface area contributed by atoms with Gasteiger partial charge in [0.2, 0.25) is 0 Å². The van der Waals surface area contributed by atoms with Crippen LogP contribution in [-0.2, 0) is 0 Å². The quantitative estimate of drug-likeness (QED) is 0.730. The maximum absolute atomic E-state index is 14.3. The van der Waals surface area contributed by atoms with E-state index in [1.165, 1.54) is 6.07 Å². The van der Waals surface area contributed by atoms with Gasteiger partial charge in [0.25, 0.3) is 5.91 Å². The maximum Gasteiger partial charge on any atom is 0.256 e. The number of piperazine rings is 1. The molecule has 6 nitrogen and oxygen atoms in total. The van der Waals surface area contributed by atoms with Crippen LogP contribution < -0.4 is 9.80 Å². The molecule has 7 heteroatoms. The molecule has 1 amide bonds. The fraction of sp³-hybridized carbons (Fsp3) is 0.348. The summed E-state index contributed by atoms with van der Waals surface area (Å²) in [5, 5.41) is 9.28. The Kier molecular flexibility index (Phi) is 5.66. The first-order valence-electron chi connectivity index (χ1n) is 10.2. The monoisotopic (exact) mass is 406 g/mol. The molecule has 0 radical (unpaired) electrons. The molecule has 0 atom stereocenters. The topological polar surface area (TPSA) is 67.7 Å². The number of anilines is 2. The summed E-state index contributed by atoms with van der Waals surface area (Å²) in [7, 11) is 0. The molecule has 0 unspecified atom stereocenters. The molecular formula is C23H23FN4O2. The van der Waals surface area contributed by atoms with Crippen LogP contribution in [0, 0.1) is 17.1 Å². The van der Waals surface area contributed by atoms with Crippen LogP contribution in [0.5, 0.6) is 0 Å². The van der Waals surface area contributed by atoms with E-state index in [9.17, 15) is 19.2 Å². The lowest BCUT2D eigenvalue weighted by atomic mass is 10.1. The van der Waals surface area contributed by atoms with E-state index in [4.69, 9.17) is 0 Å². The zero-order valence-electron chi connectivity index (χ0n) is 16.7. The average Bonchev–Trinajstić information content (AvgIpc) is 3.33. The summed E-state index contributed by atoms with van der Waals surface area (Å²) in [5.41, 5.74) is 2.66. The summed E-state index contributed by atoms with van der Waals surface area (Å²) >= 11 is 0. The first-order valence-corrected chi connectivity index (χ1v) is 10.2. The van der Waals surface area contributed by atoms with Crippen LogP contribution in [0.4, 0.5) is 15.8 Å². The fourth-order valence-corrected chi connectivity index (χ4v) is 4.18. The molecule has 2 saturated heterocycles. The second kappa shape index (κ2) is 8.54. The molecule has 0 N–H and O–H groups in total. The third kappa shape index (κ3) is 3.86. The Morgan fingerprint density at radius 1 is 0.933 bits per heavy atom. The second-order valence-electron chi connectivity index (χ2n) is 7.65. The van der Waals surface area contributed by atoms with Crippen LogP contribution in [-0.4, -0.2) is 56.4 Å². The summed E-state index contributed by atoms with van der Waals surface area (Å²) < 4.78 is 14.3. The summed E-state index contributed by atoms with van der Waals surface area (Å²) in [4.78, 5) is 30.0. The van der Waals surface area contributed by atoms with E-state index in [2.05, 4.69) is 11.0 Å². The van der Waals surface area contributed by atoms with Crippen molar-refractivity contribution in [1.82, 2.24) is 4.90 Å². The molecule has 2 heterocycles. The van der Waals surface area contributed by atoms with Crippen molar-refractivity contribution >= 4 is 23.6 Å². The number of nitriles is 1. The molecule has 2 fully saturated rings. The van der Waals surface area contributed by atoms with E-state index in [-0.39, 0.29) is 5.91 Å². The second-order valence-corrected chi connectivity index (χ2v) is 7.65. The number of benzene rings is 2. The van der Waals surface area contributed by atoms with Crippen molar-refractivity contribution in [3.05, 3.63) is 58.9 Å². The SMILES string of the molecule is N#Cc1ccc(N2CCCC2)c(C(=O)N2CCN(c3ccc(C=O)cc3F)CC2)c1. The van der Waals surface area contributed by atoms with E-state index in [1.807, 2.05) is 11.0 Å². The van der Waals surface area contributed by atoms with Crippen LogP contribution >= 0.6 is 0 Å². The Morgan fingerprint density at radius 3 is 2.23 bits per heavy atom. The average molecular weight is 406 g/mol. The minimum absolute atomic E-state index is 0.0922. The van der Waals surface area contributed by atoms with E-state index in [1.54, 1.807) is 29.2 Å². The van der Waals surface area contributed by atoms with Gasteiger partial charge in [-0.15, -0.1) is 0 Å². The first-order chi connectivity index (χ1) is 14.6. The van der Waals surface area contributed by atoms with E-state index in [0.29, 0.717) is 54.8 Å². The molecular weight excluding hydrogens is 383 g/mol. The van der Waals surface area contributed by atoms with Crippen molar-refractivity contribution in [2.24, 2.45) is 0 Å². The predicted octanol–water partition coefficient (Wildman–Crippen LogP) is 3.07. The number of halogens is 1. The molecule has 2 aromatic rings. The van der Waals surface area contributed by atoms with Crippen molar-refractivity contribution in [3.8, 4) is 6.07 Å². The molecule has 0 bridgehead atoms. The van der Waals surface area contributed by atoms with Gasteiger partial charge >= 0.3 is 0 Å². The number of amides is 1. The number of carbonyl (C=O) groups is 2. The minimum Gasteiger partial charge on any atom is -0.371 e. The standard InChI is InChI=1S/C23H23FN4O2/c24-20-14-18(16-29)4-6-22(20)27-9-11-28(12-10-27)23(30)19-13-17(15-25)3-5-21(19)26-7-1-2-8-26/h3-6,13-14,16H,1-2,7-12H2. The van der Waals surface area contributed by atoms with Crippen molar-refractivity contribution in [1.29, 1.82) is 5.26 Å². The Hall–Kier alpha value is -3.40. The van der Waals surface area contributed by atoms with Gasteiger partial charge in [-0.1, -0.05) is 0 Å². The smallest absolute Gasteiger partial charge is 0.256 e. The van der Waals surface area contributed by atoms with Gasteiger partial charge in [-0.2, -0.15) is 5.26 Å². The lowest BCUT2D eigenvalue weighted by Gasteiger charge is -2.37. The Morgan fingerprint density at radius 2 is 1.60 bits per heavy atom. The largest absolute Gasteiger partial charge is 0.371 e. The highest BCUT2D eigenvalue weighted by atomic mass is 19.1. The zero-order valence-corrected chi connectivity index (χ0v) is 16.7. The number of hydrogen-bond acceptors (Lipinski definition) is 5. The number of nitrogens with zero attached hydrogens (tertiary/aromatic N) is 4. The van der Waals surface area contributed by atoms with E-state index < -0.39 is 5.82 Å². The summed E-state index contributed by atoms with van der Waals surface area (Å²) in [6.45, 7) is 3.75. The van der Waals surface area contributed by atoms with Crippen molar-refractivity contribution in [2.75, 3.05) is 49.1 Å². The lowest BCUT2D eigenvalue weighted by molar-refractivity contribution is 0.0747. The van der Waals surface area contributed by atoms with Gasteiger partial charge in [0.05, 0.1) is 22.9 Å². The van der Waals surface area contributed by atoms with Crippen LogP contribution in [0.1, 0.15) is 39.1 Å². The fourth-order valence-electron chi connectivity index (χ4n) is 4.18. The molecule has 2 aromatic carbocycles. The van der Waals surface area contributed by atoms with Gasteiger partial charge in [-0.3, -0.25) is 9.59 Å². The van der Waals surface area contributed by atoms with Gasteiger partial charge < -0.3 is 14.7 Å². The molecule has 0 aromatic heterocycles. The molecule has 2 aliphatic heterocycles. The van der Waals surface area contributed by atoms with E-state index in [0.717, 1.165) is 31.6 Å². The number of carbonyl (C=O) groups excluding carboxylic acids is 2. The van der Waals surface area contributed by atoms with Crippen molar-refractivity contribution < 1.29 is 14.0 Å². The lowest BCUT2D eigenvalue weighted by Crippen LogP contribution is -2.49. The number of aldehydes is 1. The number of hydrogen-bond donors (Lipinski definition) is 0. The summed E-state index contributed by atoms with van der Waals surface area (Å²) in [5.74, 6) is -0.525. The van der Waals surface area contributed by atoms with E-state index >= 15 is 0 Å². The van der Waals surface area contributed by atoms with Crippen LogP contribution in [0.3, 0.4) is 0 Å². The van der Waals surface area contributed by atoms with Crippen LogP contribution in [0.2, 0.25) is 0 Å². The Bertz CT molecular complexity index is 1000. The van der Waals surface area contributed by atoms with Crippen molar-refractivity contribution in [3.63, 3.8) is 0 Å². The molecule has 2 aliphatic rings. The molecule has 4 rings (SSSR count). The summed E-state index contributed by atoms with van der Waals surface area (Å²) in [6, 6.07) is 11.9. The maximum atomic E-state index is 14.3. The third-order valence-electron chi connectivity index (χ3n) is 5.82. The normalized spacial score (nSPS) is 16.5. The van der Waals surface area contributed by atoms with Crippen LogP contribution in [0.15, 0.2) is 36.4 Å². The Labute approximate surface area is 175 Å². The molecule has 0 spiro atoms.